The molecular weight excluding hydrogens is 414 g/mol. The summed E-state index contributed by atoms with van der Waals surface area (Å²) < 4.78 is 0. The van der Waals surface area contributed by atoms with Gasteiger partial charge in [-0.3, -0.25) is 14.4 Å². The lowest BCUT2D eigenvalue weighted by Gasteiger charge is -2.31. The third-order valence-corrected chi connectivity index (χ3v) is 6.27. The quantitative estimate of drug-likeness (QED) is 0.321. The molecule has 2 aliphatic heterocycles. The Morgan fingerprint density at radius 1 is 1.00 bits per heavy atom. The van der Waals surface area contributed by atoms with Crippen molar-refractivity contribution in [1.82, 2.24) is 15.1 Å². The number of aliphatic carboxylic acids is 1. The number of nitrogens with two attached hydrogens (primary N) is 2. The number of carboxylic acids is 1. The number of rotatable bonds is 11. The number of carbonyl (C=O) groups is 4. The van der Waals surface area contributed by atoms with Crippen LogP contribution in [0.2, 0.25) is 0 Å². The Morgan fingerprint density at radius 3 is 2.16 bits per heavy atom. The predicted octanol–water partition coefficient (Wildman–Crippen LogP) is 0.0402. The third kappa shape index (κ3) is 6.65. The first-order valence-electron chi connectivity index (χ1n) is 11.8. The van der Waals surface area contributed by atoms with Crippen LogP contribution in [-0.2, 0) is 19.2 Å². The number of carbonyl (C=O) groups excluding carboxylic acids is 3. The van der Waals surface area contributed by atoms with E-state index < -0.39 is 30.1 Å². The fourth-order valence-electron chi connectivity index (χ4n) is 4.60. The fourth-order valence-corrected chi connectivity index (χ4v) is 4.60. The summed E-state index contributed by atoms with van der Waals surface area (Å²) in [4.78, 5) is 53.5. The van der Waals surface area contributed by atoms with Crippen LogP contribution < -0.4 is 16.8 Å². The highest BCUT2D eigenvalue weighted by molar-refractivity contribution is 5.94. The van der Waals surface area contributed by atoms with Crippen LogP contribution in [-0.4, -0.2) is 82.4 Å². The molecule has 0 spiro atoms. The maximum Gasteiger partial charge on any atom is 0.326 e. The average Bonchev–Trinajstić information content (AvgIpc) is 3.41. The summed E-state index contributed by atoms with van der Waals surface area (Å²) in [5.41, 5.74) is 11.6. The molecule has 2 rings (SSSR count). The predicted molar refractivity (Wildman–Crippen MR) is 119 cm³/mol. The molecule has 182 valence electrons. The lowest BCUT2D eigenvalue weighted by molar-refractivity contribution is -0.150. The van der Waals surface area contributed by atoms with Gasteiger partial charge in [0, 0.05) is 13.1 Å². The first-order chi connectivity index (χ1) is 15.2. The number of amides is 3. The molecule has 32 heavy (non-hydrogen) atoms. The highest BCUT2D eigenvalue weighted by Gasteiger charge is 2.40. The largest absolute Gasteiger partial charge is 0.480 e. The molecule has 2 fully saturated rings. The van der Waals surface area contributed by atoms with Crippen LogP contribution in [0.1, 0.15) is 65.2 Å². The van der Waals surface area contributed by atoms with E-state index in [1.165, 1.54) is 9.80 Å². The minimum atomic E-state index is -1.03. The lowest BCUT2D eigenvalue weighted by Crippen LogP contribution is -2.56. The number of carboxylic acid groups (broad SMARTS) is 1. The number of nitrogens with one attached hydrogen (secondary N) is 1. The molecular formula is C22H39N5O5. The third-order valence-electron chi connectivity index (χ3n) is 6.27. The molecule has 10 nitrogen and oxygen atoms in total. The smallest absolute Gasteiger partial charge is 0.326 e. The minimum absolute atomic E-state index is 0.118. The van der Waals surface area contributed by atoms with Crippen molar-refractivity contribution in [3.8, 4) is 0 Å². The Kier molecular flexibility index (Phi) is 9.89. The molecule has 0 aromatic heterocycles. The minimum Gasteiger partial charge on any atom is -0.480 e. The molecule has 0 aromatic carbocycles. The van der Waals surface area contributed by atoms with Crippen LogP contribution in [0.3, 0.4) is 0 Å². The van der Waals surface area contributed by atoms with Crippen molar-refractivity contribution in [3.63, 3.8) is 0 Å². The van der Waals surface area contributed by atoms with Gasteiger partial charge in [-0.2, -0.15) is 0 Å². The first-order valence-corrected chi connectivity index (χ1v) is 11.8. The maximum atomic E-state index is 13.2. The van der Waals surface area contributed by atoms with E-state index in [9.17, 15) is 24.3 Å². The van der Waals surface area contributed by atoms with Gasteiger partial charge < -0.3 is 31.7 Å². The summed E-state index contributed by atoms with van der Waals surface area (Å²) in [6.45, 7) is 5.25. The zero-order chi connectivity index (χ0) is 23.8. The summed E-state index contributed by atoms with van der Waals surface area (Å²) >= 11 is 0. The van der Waals surface area contributed by atoms with Crippen molar-refractivity contribution in [2.45, 2.75) is 89.4 Å². The van der Waals surface area contributed by atoms with Crippen molar-refractivity contribution >= 4 is 23.7 Å². The molecule has 2 aliphatic rings. The molecule has 0 saturated carbocycles. The van der Waals surface area contributed by atoms with Crippen LogP contribution in [0.5, 0.6) is 0 Å². The fraction of sp³-hybridized carbons (Fsp3) is 0.818. The molecule has 2 saturated heterocycles. The van der Waals surface area contributed by atoms with Crippen LogP contribution in [0.15, 0.2) is 0 Å². The topological polar surface area (TPSA) is 159 Å². The maximum absolute atomic E-state index is 13.2. The van der Waals surface area contributed by atoms with Crippen LogP contribution in [0.4, 0.5) is 0 Å². The van der Waals surface area contributed by atoms with Crippen molar-refractivity contribution < 1.29 is 24.3 Å². The molecule has 4 atom stereocenters. The van der Waals surface area contributed by atoms with Gasteiger partial charge in [-0.25, -0.2) is 4.79 Å². The van der Waals surface area contributed by atoms with Gasteiger partial charge in [0.1, 0.15) is 18.1 Å². The van der Waals surface area contributed by atoms with Crippen LogP contribution in [0.25, 0.3) is 0 Å². The van der Waals surface area contributed by atoms with Crippen LogP contribution in [0, 0.1) is 5.92 Å². The van der Waals surface area contributed by atoms with E-state index in [0.717, 1.165) is 12.8 Å². The second-order valence-electron chi connectivity index (χ2n) is 9.30. The number of unbranched alkanes of at least 4 members (excludes halogenated alkanes) is 1. The number of likely N-dealkylation sites (tertiary alicyclic amines) is 2. The van der Waals surface area contributed by atoms with Gasteiger partial charge in [-0.15, -0.1) is 0 Å². The standard InChI is InChI=1S/C22H39N5O5/c1-14(2)13-16(21(30)27-12-6-9-18(27)22(31)32)25-19(28)17-8-5-11-26(17)20(29)15(24)7-3-4-10-23/h14-18H,3-13,23-24H2,1-2H3,(H,25,28)(H,31,32). The molecule has 4 unspecified atom stereocenters. The highest BCUT2D eigenvalue weighted by Crippen LogP contribution is 2.22. The van der Waals surface area contributed by atoms with E-state index in [-0.39, 0.29) is 23.6 Å². The number of hydrogen-bond donors (Lipinski definition) is 4. The van der Waals surface area contributed by atoms with Crippen molar-refractivity contribution in [2.75, 3.05) is 19.6 Å². The molecule has 6 N–H and O–H groups in total. The van der Waals surface area contributed by atoms with Gasteiger partial charge in [0.05, 0.1) is 6.04 Å². The van der Waals surface area contributed by atoms with E-state index >= 15 is 0 Å². The highest BCUT2D eigenvalue weighted by atomic mass is 16.4. The second-order valence-corrected chi connectivity index (χ2v) is 9.30. The summed E-state index contributed by atoms with van der Waals surface area (Å²) in [5.74, 6) is -1.91. The zero-order valence-electron chi connectivity index (χ0n) is 19.3. The van der Waals surface area contributed by atoms with E-state index in [0.29, 0.717) is 58.2 Å². The average molecular weight is 454 g/mol. The van der Waals surface area contributed by atoms with E-state index in [1.54, 1.807) is 0 Å². The van der Waals surface area contributed by atoms with Crippen LogP contribution >= 0.6 is 0 Å². The molecule has 10 heteroatoms. The van der Waals surface area contributed by atoms with E-state index in [1.807, 2.05) is 13.8 Å². The molecule has 2 heterocycles. The van der Waals surface area contributed by atoms with Gasteiger partial charge in [-0.1, -0.05) is 20.3 Å². The van der Waals surface area contributed by atoms with Gasteiger partial charge in [0.25, 0.3) is 0 Å². The Hall–Kier alpha value is -2.20. The number of hydrogen-bond acceptors (Lipinski definition) is 6. The lowest BCUT2D eigenvalue weighted by atomic mass is 10.0. The first kappa shape index (κ1) is 26.1. The Balaban J connectivity index is 2.07. The van der Waals surface area contributed by atoms with Gasteiger partial charge in [0.15, 0.2) is 0 Å². The normalized spacial score (nSPS) is 22.8. The summed E-state index contributed by atoms with van der Waals surface area (Å²) in [6.07, 6.45) is 4.69. The van der Waals surface area contributed by atoms with E-state index in [2.05, 4.69) is 5.32 Å². The number of nitrogens with zero attached hydrogens (tertiary/aromatic N) is 2. The molecule has 0 radical (unpaired) electrons. The summed E-state index contributed by atoms with van der Waals surface area (Å²) in [7, 11) is 0. The summed E-state index contributed by atoms with van der Waals surface area (Å²) in [5, 5.41) is 12.3. The van der Waals surface area contributed by atoms with Crippen molar-refractivity contribution in [3.05, 3.63) is 0 Å². The van der Waals surface area contributed by atoms with Crippen molar-refractivity contribution in [1.29, 1.82) is 0 Å². The SMILES string of the molecule is CC(C)CC(NC(=O)C1CCCN1C(=O)C(N)CCCCN)C(=O)N1CCCC1C(=O)O. The van der Waals surface area contributed by atoms with Crippen molar-refractivity contribution in [2.24, 2.45) is 17.4 Å². The van der Waals surface area contributed by atoms with Gasteiger partial charge in [-0.05, 0) is 57.4 Å². The Labute approximate surface area is 190 Å². The Morgan fingerprint density at radius 2 is 1.59 bits per heavy atom. The summed E-state index contributed by atoms with van der Waals surface area (Å²) in [6, 6.07) is -3.02. The molecule has 3 amide bonds. The monoisotopic (exact) mass is 453 g/mol. The molecule has 0 aliphatic carbocycles. The van der Waals surface area contributed by atoms with Gasteiger partial charge >= 0.3 is 5.97 Å². The Bertz CT molecular complexity index is 686. The molecule has 0 aromatic rings. The zero-order valence-corrected chi connectivity index (χ0v) is 19.3. The molecule has 0 bridgehead atoms. The van der Waals surface area contributed by atoms with Gasteiger partial charge in [0.2, 0.25) is 17.7 Å². The van der Waals surface area contributed by atoms with E-state index in [4.69, 9.17) is 11.5 Å². The second kappa shape index (κ2) is 12.2.